The predicted molar refractivity (Wildman–Crippen MR) is 104 cm³/mol. The maximum absolute atomic E-state index is 11.9. The largest absolute Gasteiger partial charge is 0.497 e. The Balaban J connectivity index is 1.62. The Morgan fingerprint density at radius 2 is 1.85 bits per heavy atom. The molecule has 5 nitrogen and oxygen atoms in total. The molecule has 0 aliphatic heterocycles. The molecule has 0 radical (unpaired) electrons. The van der Waals surface area contributed by atoms with Crippen LogP contribution in [0.2, 0.25) is 0 Å². The van der Waals surface area contributed by atoms with Gasteiger partial charge >= 0.3 is 0 Å². The minimum absolute atomic E-state index is 0.125. The van der Waals surface area contributed by atoms with E-state index in [1.54, 1.807) is 13.3 Å². The van der Waals surface area contributed by atoms with Crippen LogP contribution in [-0.2, 0) is 13.0 Å². The summed E-state index contributed by atoms with van der Waals surface area (Å²) in [5.74, 6) is 1.62. The van der Waals surface area contributed by atoms with E-state index in [2.05, 4.69) is 4.98 Å². The first-order chi connectivity index (χ1) is 12.7. The summed E-state index contributed by atoms with van der Waals surface area (Å²) in [5.41, 5.74) is 2.02. The van der Waals surface area contributed by atoms with Gasteiger partial charge in [-0.05, 0) is 47.6 Å². The summed E-state index contributed by atoms with van der Waals surface area (Å²) in [6, 6.07) is 17.1. The van der Waals surface area contributed by atoms with Crippen molar-refractivity contribution >= 4 is 12.2 Å². The normalized spacial score (nSPS) is 10.5. The molecule has 1 heterocycles. The first-order valence-electron chi connectivity index (χ1n) is 8.29. The standard InChI is InChI=1S/C20H20N2O3S/c1-24-17-7-5-15(6-8-17)10-12-25-18-4-2-3-16(13-18)14-22-19(23)9-11-21-20(22)26/h2-9,11,13H,10,12,14H2,1H3,(H,21,26). The lowest BCUT2D eigenvalue weighted by Crippen LogP contribution is -2.21. The lowest BCUT2D eigenvalue weighted by molar-refractivity contribution is 0.321. The van der Waals surface area contributed by atoms with E-state index >= 15 is 0 Å². The first-order valence-corrected chi connectivity index (χ1v) is 8.70. The zero-order valence-electron chi connectivity index (χ0n) is 14.5. The number of rotatable bonds is 7. The third kappa shape index (κ3) is 4.61. The fourth-order valence-electron chi connectivity index (χ4n) is 2.60. The number of H-pyrrole nitrogens is 1. The lowest BCUT2D eigenvalue weighted by atomic mass is 10.1. The SMILES string of the molecule is COc1ccc(CCOc2cccc(Cn3c(=O)cc[nH]c3=S)c2)cc1. The van der Waals surface area contributed by atoms with Crippen LogP contribution in [0.5, 0.6) is 11.5 Å². The molecule has 0 unspecified atom stereocenters. The van der Waals surface area contributed by atoms with Crippen LogP contribution in [0.25, 0.3) is 0 Å². The van der Waals surface area contributed by atoms with Crippen LogP contribution >= 0.6 is 12.2 Å². The van der Waals surface area contributed by atoms with Crippen molar-refractivity contribution in [2.45, 2.75) is 13.0 Å². The Morgan fingerprint density at radius 3 is 2.58 bits per heavy atom. The fourth-order valence-corrected chi connectivity index (χ4v) is 2.82. The highest BCUT2D eigenvalue weighted by Crippen LogP contribution is 2.16. The van der Waals surface area contributed by atoms with Gasteiger partial charge in [-0.25, -0.2) is 0 Å². The van der Waals surface area contributed by atoms with Gasteiger partial charge in [0, 0.05) is 18.7 Å². The Hall–Kier alpha value is -2.86. The highest BCUT2D eigenvalue weighted by Gasteiger charge is 2.02. The summed E-state index contributed by atoms with van der Waals surface area (Å²) in [6.07, 6.45) is 2.36. The van der Waals surface area contributed by atoms with Gasteiger partial charge in [-0.15, -0.1) is 0 Å². The smallest absolute Gasteiger partial charge is 0.254 e. The van der Waals surface area contributed by atoms with E-state index in [1.165, 1.54) is 16.2 Å². The van der Waals surface area contributed by atoms with Crippen LogP contribution in [0, 0.1) is 4.77 Å². The summed E-state index contributed by atoms with van der Waals surface area (Å²) in [7, 11) is 1.65. The zero-order valence-corrected chi connectivity index (χ0v) is 15.3. The van der Waals surface area contributed by atoms with Gasteiger partial charge in [-0.2, -0.15) is 0 Å². The number of hydrogen-bond donors (Lipinski definition) is 1. The highest BCUT2D eigenvalue weighted by molar-refractivity contribution is 7.71. The second-order valence-electron chi connectivity index (χ2n) is 5.80. The molecule has 0 aliphatic rings. The number of hydrogen-bond acceptors (Lipinski definition) is 4. The van der Waals surface area contributed by atoms with Gasteiger partial charge in [-0.3, -0.25) is 9.36 Å². The van der Waals surface area contributed by atoms with Crippen molar-refractivity contribution in [3.63, 3.8) is 0 Å². The summed E-state index contributed by atoms with van der Waals surface area (Å²) in [4.78, 5) is 14.8. The second-order valence-corrected chi connectivity index (χ2v) is 6.19. The second kappa shape index (κ2) is 8.49. The van der Waals surface area contributed by atoms with E-state index in [-0.39, 0.29) is 5.56 Å². The molecular weight excluding hydrogens is 348 g/mol. The molecule has 26 heavy (non-hydrogen) atoms. The molecule has 6 heteroatoms. The summed E-state index contributed by atoms with van der Waals surface area (Å²) in [5, 5.41) is 0. The van der Waals surface area contributed by atoms with E-state index in [9.17, 15) is 4.79 Å². The third-order valence-electron chi connectivity index (χ3n) is 4.00. The van der Waals surface area contributed by atoms with Crippen LogP contribution in [-0.4, -0.2) is 23.3 Å². The summed E-state index contributed by atoms with van der Waals surface area (Å²) < 4.78 is 12.9. The number of methoxy groups -OCH3 is 1. The number of ether oxygens (including phenoxy) is 2. The van der Waals surface area contributed by atoms with E-state index in [4.69, 9.17) is 21.7 Å². The molecule has 3 aromatic rings. The molecule has 0 bridgehead atoms. The molecule has 2 aromatic carbocycles. The number of nitrogens with zero attached hydrogens (tertiary/aromatic N) is 1. The third-order valence-corrected chi connectivity index (χ3v) is 4.34. The number of nitrogens with one attached hydrogen (secondary N) is 1. The number of benzene rings is 2. The molecular formula is C20H20N2O3S. The molecule has 0 saturated heterocycles. The quantitative estimate of drug-likeness (QED) is 0.648. The van der Waals surface area contributed by atoms with E-state index in [0.717, 1.165) is 23.5 Å². The summed E-state index contributed by atoms with van der Waals surface area (Å²) >= 11 is 5.18. The summed E-state index contributed by atoms with van der Waals surface area (Å²) in [6.45, 7) is 0.978. The van der Waals surface area contributed by atoms with Gasteiger partial charge in [0.25, 0.3) is 5.56 Å². The van der Waals surface area contributed by atoms with Crippen LogP contribution in [0.4, 0.5) is 0 Å². The molecule has 0 aliphatic carbocycles. The maximum Gasteiger partial charge on any atom is 0.254 e. The van der Waals surface area contributed by atoms with Crippen molar-refractivity contribution in [1.29, 1.82) is 0 Å². The molecule has 0 amide bonds. The Morgan fingerprint density at radius 1 is 1.04 bits per heavy atom. The Bertz CT molecular complexity index is 949. The van der Waals surface area contributed by atoms with Crippen LogP contribution in [0.1, 0.15) is 11.1 Å². The highest BCUT2D eigenvalue weighted by atomic mass is 32.1. The molecule has 1 N–H and O–H groups in total. The molecule has 0 atom stereocenters. The van der Waals surface area contributed by atoms with Gasteiger partial charge in [0.15, 0.2) is 4.77 Å². The van der Waals surface area contributed by atoms with Crippen molar-refractivity contribution in [3.8, 4) is 11.5 Å². The Kier molecular flexibility index (Phi) is 5.86. The van der Waals surface area contributed by atoms with Gasteiger partial charge in [-0.1, -0.05) is 24.3 Å². The monoisotopic (exact) mass is 368 g/mol. The Labute approximate surface area is 156 Å². The van der Waals surface area contributed by atoms with Crippen molar-refractivity contribution < 1.29 is 9.47 Å². The van der Waals surface area contributed by atoms with Gasteiger partial charge in [0.2, 0.25) is 0 Å². The van der Waals surface area contributed by atoms with E-state index < -0.39 is 0 Å². The minimum Gasteiger partial charge on any atom is -0.497 e. The van der Waals surface area contributed by atoms with Crippen LogP contribution in [0.15, 0.2) is 65.6 Å². The molecule has 0 spiro atoms. The molecule has 0 fully saturated rings. The minimum atomic E-state index is -0.125. The van der Waals surface area contributed by atoms with E-state index in [0.29, 0.717) is 17.9 Å². The predicted octanol–water partition coefficient (Wildman–Crippen LogP) is 3.58. The fraction of sp³-hybridized carbons (Fsp3) is 0.200. The van der Waals surface area contributed by atoms with Crippen molar-refractivity contribution in [2.75, 3.05) is 13.7 Å². The number of aromatic amines is 1. The van der Waals surface area contributed by atoms with Crippen molar-refractivity contribution in [1.82, 2.24) is 9.55 Å². The molecule has 0 saturated carbocycles. The molecule has 134 valence electrons. The van der Waals surface area contributed by atoms with Gasteiger partial charge in [0.05, 0.1) is 20.3 Å². The zero-order chi connectivity index (χ0) is 18.4. The first kappa shape index (κ1) is 17.9. The van der Waals surface area contributed by atoms with Crippen molar-refractivity contribution in [2.24, 2.45) is 0 Å². The van der Waals surface area contributed by atoms with Crippen LogP contribution in [0.3, 0.4) is 0 Å². The average molecular weight is 368 g/mol. The van der Waals surface area contributed by atoms with Crippen LogP contribution < -0.4 is 15.0 Å². The number of aromatic nitrogens is 2. The van der Waals surface area contributed by atoms with Gasteiger partial charge in [0.1, 0.15) is 11.5 Å². The maximum atomic E-state index is 11.9. The topological polar surface area (TPSA) is 56.2 Å². The van der Waals surface area contributed by atoms with E-state index in [1.807, 2.05) is 48.5 Å². The van der Waals surface area contributed by atoms with Gasteiger partial charge < -0.3 is 14.5 Å². The van der Waals surface area contributed by atoms with Crippen molar-refractivity contribution in [3.05, 3.63) is 87.0 Å². The molecule has 3 rings (SSSR count). The average Bonchev–Trinajstić information content (AvgIpc) is 2.66. The lowest BCUT2D eigenvalue weighted by Gasteiger charge is -2.10. The molecule has 1 aromatic heterocycles.